The number of nitrogens with one attached hydrogen (secondary N) is 1. The third-order valence-corrected chi connectivity index (χ3v) is 4.84. The predicted molar refractivity (Wildman–Crippen MR) is 56.4 cm³/mol. The lowest BCUT2D eigenvalue weighted by atomic mass is 10.4. The number of rotatable bonds is 5. The lowest BCUT2D eigenvalue weighted by molar-refractivity contribution is 0.590. The number of anilines is 1. The second-order valence-corrected chi connectivity index (χ2v) is 6.06. The van der Waals surface area contributed by atoms with Crippen LogP contribution in [0.15, 0.2) is 4.34 Å². The summed E-state index contributed by atoms with van der Waals surface area (Å²) < 4.78 is 23.3. The Kier molecular flexibility index (Phi) is 3.82. The fraction of sp³-hybridized carbons (Fsp3) is 0.714. The molecule has 0 saturated heterocycles. The summed E-state index contributed by atoms with van der Waals surface area (Å²) in [6.07, 6.45) is 1.52. The maximum Gasteiger partial charge on any atom is 0.234 e. The highest BCUT2D eigenvalue weighted by Gasteiger charge is 2.19. The molecule has 7 heteroatoms. The topological polar surface area (TPSA) is 72.0 Å². The number of hydrogen-bond donors (Lipinski definition) is 1. The van der Waals surface area contributed by atoms with Crippen molar-refractivity contribution in [3.05, 3.63) is 0 Å². The second kappa shape index (κ2) is 4.70. The van der Waals surface area contributed by atoms with Crippen molar-refractivity contribution in [3.8, 4) is 0 Å². The Hall–Kier alpha value is -0.690. The molecule has 80 valence electrons. The molecular weight excluding hydrogens is 222 g/mol. The zero-order valence-electron chi connectivity index (χ0n) is 8.15. The Morgan fingerprint density at radius 1 is 1.43 bits per heavy atom. The van der Waals surface area contributed by atoms with E-state index in [0.29, 0.717) is 11.6 Å². The van der Waals surface area contributed by atoms with Gasteiger partial charge in [0.15, 0.2) is 0 Å². The zero-order valence-corrected chi connectivity index (χ0v) is 9.78. The molecule has 0 amide bonds. The molecule has 0 bridgehead atoms. The van der Waals surface area contributed by atoms with Crippen molar-refractivity contribution in [3.63, 3.8) is 0 Å². The number of hydrogen-bond acceptors (Lipinski definition) is 6. The molecule has 1 aromatic heterocycles. The van der Waals surface area contributed by atoms with Crippen LogP contribution in [0, 0.1) is 0 Å². The average Bonchev–Trinajstić information content (AvgIpc) is 2.63. The third kappa shape index (κ3) is 2.65. The van der Waals surface area contributed by atoms with E-state index in [0.717, 1.165) is 17.8 Å². The van der Waals surface area contributed by atoms with Crippen LogP contribution in [0.3, 0.4) is 0 Å². The minimum absolute atomic E-state index is 0.107. The van der Waals surface area contributed by atoms with E-state index in [1.54, 1.807) is 7.05 Å². The van der Waals surface area contributed by atoms with Crippen LogP contribution in [-0.4, -0.2) is 31.4 Å². The molecule has 14 heavy (non-hydrogen) atoms. The fourth-order valence-electron chi connectivity index (χ4n) is 0.858. The molecule has 0 fully saturated rings. The molecule has 0 aliphatic heterocycles. The van der Waals surface area contributed by atoms with Crippen LogP contribution in [0.5, 0.6) is 0 Å². The van der Waals surface area contributed by atoms with Gasteiger partial charge in [-0.05, 0) is 6.42 Å². The number of unbranched alkanes of at least 4 members (excludes halogenated alkanes) is 1. The monoisotopic (exact) mass is 235 g/mol. The van der Waals surface area contributed by atoms with Gasteiger partial charge in [0.25, 0.3) is 0 Å². The summed E-state index contributed by atoms with van der Waals surface area (Å²) in [4.78, 5) is 0. The van der Waals surface area contributed by atoms with Crippen molar-refractivity contribution >= 4 is 26.3 Å². The van der Waals surface area contributed by atoms with Crippen LogP contribution in [0.2, 0.25) is 0 Å². The molecule has 1 rings (SSSR count). The molecule has 1 heterocycles. The quantitative estimate of drug-likeness (QED) is 0.829. The first-order valence-corrected chi connectivity index (χ1v) is 6.81. The van der Waals surface area contributed by atoms with Gasteiger partial charge in [0.05, 0.1) is 5.75 Å². The molecule has 0 saturated carbocycles. The molecular formula is C7H13N3O2S2. The van der Waals surface area contributed by atoms with Crippen molar-refractivity contribution < 1.29 is 8.42 Å². The van der Waals surface area contributed by atoms with Gasteiger partial charge in [-0.2, -0.15) is 0 Å². The summed E-state index contributed by atoms with van der Waals surface area (Å²) in [5, 5.41) is 10.6. The second-order valence-electron chi connectivity index (χ2n) is 2.80. The maximum atomic E-state index is 11.6. The van der Waals surface area contributed by atoms with Gasteiger partial charge in [0.2, 0.25) is 19.3 Å². The van der Waals surface area contributed by atoms with Crippen LogP contribution < -0.4 is 5.32 Å². The van der Waals surface area contributed by atoms with Gasteiger partial charge in [-0.1, -0.05) is 24.7 Å². The van der Waals surface area contributed by atoms with Gasteiger partial charge in [0.1, 0.15) is 0 Å². The number of nitrogens with zero attached hydrogens (tertiary/aromatic N) is 2. The minimum Gasteiger partial charge on any atom is -0.363 e. The van der Waals surface area contributed by atoms with Crippen LogP contribution in [0.4, 0.5) is 5.13 Å². The summed E-state index contributed by atoms with van der Waals surface area (Å²) >= 11 is 1.07. The molecule has 0 radical (unpaired) electrons. The molecule has 0 unspecified atom stereocenters. The SMILES string of the molecule is CCCCS(=O)(=O)c1nnc(NC)s1. The van der Waals surface area contributed by atoms with E-state index >= 15 is 0 Å². The highest BCUT2D eigenvalue weighted by atomic mass is 32.2. The van der Waals surface area contributed by atoms with Gasteiger partial charge in [0, 0.05) is 7.05 Å². The summed E-state index contributed by atoms with van der Waals surface area (Å²) in [5.41, 5.74) is 0. The van der Waals surface area contributed by atoms with E-state index < -0.39 is 9.84 Å². The Morgan fingerprint density at radius 3 is 2.64 bits per heavy atom. The third-order valence-electron chi connectivity index (χ3n) is 1.65. The van der Waals surface area contributed by atoms with E-state index in [4.69, 9.17) is 0 Å². The first-order chi connectivity index (χ1) is 6.60. The zero-order chi connectivity index (χ0) is 10.6. The van der Waals surface area contributed by atoms with Gasteiger partial charge >= 0.3 is 0 Å². The normalized spacial score (nSPS) is 11.6. The van der Waals surface area contributed by atoms with Crippen LogP contribution in [0.1, 0.15) is 19.8 Å². The standard InChI is InChI=1S/C7H13N3O2S2/c1-3-4-5-14(11,12)7-10-9-6(8-2)13-7/h3-5H2,1-2H3,(H,8,9). The Labute approximate surface area is 87.5 Å². The van der Waals surface area contributed by atoms with Crippen LogP contribution >= 0.6 is 11.3 Å². The lowest BCUT2D eigenvalue weighted by Gasteiger charge is -1.96. The largest absolute Gasteiger partial charge is 0.363 e. The molecule has 0 aromatic carbocycles. The van der Waals surface area contributed by atoms with Gasteiger partial charge in [-0.25, -0.2) is 8.42 Å². The van der Waals surface area contributed by atoms with Gasteiger partial charge in [-0.3, -0.25) is 0 Å². The predicted octanol–water partition coefficient (Wildman–Crippen LogP) is 1.15. The van der Waals surface area contributed by atoms with Crippen molar-refractivity contribution in [2.45, 2.75) is 24.1 Å². The van der Waals surface area contributed by atoms with E-state index in [1.165, 1.54) is 0 Å². The Balaban J connectivity index is 2.81. The average molecular weight is 235 g/mol. The van der Waals surface area contributed by atoms with Crippen LogP contribution in [-0.2, 0) is 9.84 Å². The smallest absolute Gasteiger partial charge is 0.234 e. The van der Waals surface area contributed by atoms with Crippen molar-refractivity contribution in [1.82, 2.24) is 10.2 Å². The summed E-state index contributed by atoms with van der Waals surface area (Å²) in [6, 6.07) is 0. The van der Waals surface area contributed by atoms with Gasteiger partial charge in [-0.15, -0.1) is 10.2 Å². The van der Waals surface area contributed by atoms with E-state index in [-0.39, 0.29) is 10.1 Å². The molecule has 5 nitrogen and oxygen atoms in total. The number of sulfone groups is 1. The van der Waals surface area contributed by atoms with Crippen LogP contribution in [0.25, 0.3) is 0 Å². The molecule has 0 aliphatic rings. The van der Waals surface area contributed by atoms with E-state index in [1.807, 2.05) is 6.92 Å². The fourth-order valence-corrected chi connectivity index (χ4v) is 3.29. The first-order valence-electron chi connectivity index (χ1n) is 4.34. The molecule has 1 N–H and O–H groups in total. The molecule has 0 spiro atoms. The Morgan fingerprint density at radius 2 is 2.14 bits per heavy atom. The minimum atomic E-state index is -3.21. The van der Waals surface area contributed by atoms with Crippen molar-refractivity contribution in [2.75, 3.05) is 18.1 Å². The van der Waals surface area contributed by atoms with E-state index in [9.17, 15) is 8.42 Å². The van der Waals surface area contributed by atoms with Crippen molar-refractivity contribution in [2.24, 2.45) is 0 Å². The summed E-state index contributed by atoms with van der Waals surface area (Å²) in [5.74, 6) is 0.155. The summed E-state index contributed by atoms with van der Waals surface area (Å²) in [7, 11) is -1.52. The highest BCUT2D eigenvalue weighted by molar-refractivity contribution is 7.93. The lowest BCUT2D eigenvalue weighted by Crippen LogP contribution is -2.05. The molecule has 0 aliphatic carbocycles. The first kappa shape index (κ1) is 11.4. The maximum absolute atomic E-state index is 11.6. The number of aromatic nitrogens is 2. The highest BCUT2D eigenvalue weighted by Crippen LogP contribution is 2.20. The summed E-state index contributed by atoms with van der Waals surface area (Å²) in [6.45, 7) is 1.95. The van der Waals surface area contributed by atoms with Crippen molar-refractivity contribution in [1.29, 1.82) is 0 Å². The Bertz CT molecular complexity index is 385. The molecule has 1 aromatic rings. The van der Waals surface area contributed by atoms with E-state index in [2.05, 4.69) is 15.5 Å². The molecule has 0 atom stereocenters. The van der Waals surface area contributed by atoms with Gasteiger partial charge < -0.3 is 5.32 Å².